The van der Waals surface area contributed by atoms with E-state index in [9.17, 15) is 4.79 Å². The zero-order valence-electron chi connectivity index (χ0n) is 8.12. The smallest absolute Gasteiger partial charge is 0.337 e. The summed E-state index contributed by atoms with van der Waals surface area (Å²) in [5.74, 6) is -1.08. The zero-order chi connectivity index (χ0) is 11.4. The molecule has 0 amide bonds. The van der Waals surface area contributed by atoms with Crippen molar-refractivity contribution < 1.29 is 9.90 Å². The second-order valence-electron chi connectivity index (χ2n) is 2.99. The van der Waals surface area contributed by atoms with E-state index >= 15 is 0 Å². The van der Waals surface area contributed by atoms with E-state index in [-0.39, 0.29) is 16.3 Å². The third-order valence-corrected chi connectivity index (χ3v) is 2.18. The average molecular weight is 225 g/mol. The van der Waals surface area contributed by atoms with E-state index < -0.39 is 5.97 Å². The molecular formula is C10H9ClN2O2. The van der Waals surface area contributed by atoms with Gasteiger partial charge in [-0.05, 0) is 12.5 Å². The van der Waals surface area contributed by atoms with Crippen LogP contribution in [0.1, 0.15) is 35.0 Å². The Kier molecular flexibility index (Phi) is 3.64. The van der Waals surface area contributed by atoms with E-state index in [0.717, 1.165) is 6.42 Å². The molecule has 1 rings (SSSR count). The number of pyridine rings is 1. The first-order chi connectivity index (χ1) is 7.10. The maximum absolute atomic E-state index is 10.9. The van der Waals surface area contributed by atoms with Gasteiger partial charge in [0.2, 0.25) is 0 Å². The first-order valence-electron chi connectivity index (χ1n) is 4.43. The highest BCUT2D eigenvalue weighted by Crippen LogP contribution is 2.18. The van der Waals surface area contributed by atoms with Gasteiger partial charge in [-0.15, -0.1) is 0 Å². The molecule has 15 heavy (non-hydrogen) atoms. The number of carboxylic acid groups (broad SMARTS) is 1. The summed E-state index contributed by atoms with van der Waals surface area (Å²) in [7, 11) is 0. The summed E-state index contributed by atoms with van der Waals surface area (Å²) in [6.07, 6.45) is 1.31. The molecule has 0 aliphatic carbocycles. The van der Waals surface area contributed by atoms with E-state index in [2.05, 4.69) is 4.98 Å². The highest BCUT2D eigenvalue weighted by molar-refractivity contribution is 6.30. The molecular weight excluding hydrogens is 216 g/mol. The Bertz CT molecular complexity index is 438. The summed E-state index contributed by atoms with van der Waals surface area (Å²) >= 11 is 5.72. The number of hydrogen-bond donors (Lipinski definition) is 1. The zero-order valence-corrected chi connectivity index (χ0v) is 8.88. The molecule has 0 unspecified atom stereocenters. The van der Waals surface area contributed by atoms with Crippen LogP contribution in [0, 0.1) is 11.3 Å². The molecule has 0 atom stereocenters. The molecule has 0 aromatic carbocycles. The van der Waals surface area contributed by atoms with Crippen molar-refractivity contribution in [1.82, 2.24) is 4.98 Å². The highest BCUT2D eigenvalue weighted by atomic mass is 35.5. The van der Waals surface area contributed by atoms with Gasteiger partial charge in [-0.2, -0.15) is 5.26 Å². The SMILES string of the molecule is CCCc1nc(Cl)c(C#N)cc1C(=O)O. The van der Waals surface area contributed by atoms with Crippen molar-refractivity contribution in [2.75, 3.05) is 0 Å². The number of aromatic nitrogens is 1. The van der Waals surface area contributed by atoms with E-state index in [1.165, 1.54) is 6.07 Å². The molecule has 4 nitrogen and oxygen atoms in total. The number of aryl methyl sites for hydroxylation is 1. The Hall–Kier alpha value is -1.60. The molecule has 0 saturated carbocycles. The summed E-state index contributed by atoms with van der Waals surface area (Å²) in [6.45, 7) is 1.92. The second-order valence-corrected chi connectivity index (χ2v) is 3.35. The lowest BCUT2D eigenvalue weighted by Crippen LogP contribution is -2.06. The Balaban J connectivity index is 3.33. The number of rotatable bonds is 3. The normalized spacial score (nSPS) is 9.67. The summed E-state index contributed by atoms with van der Waals surface area (Å²) in [6, 6.07) is 3.07. The highest BCUT2D eigenvalue weighted by Gasteiger charge is 2.14. The van der Waals surface area contributed by atoms with Crippen LogP contribution in [-0.4, -0.2) is 16.1 Å². The van der Waals surface area contributed by atoms with Gasteiger partial charge in [0.15, 0.2) is 0 Å². The van der Waals surface area contributed by atoms with E-state index in [1.54, 1.807) is 6.07 Å². The van der Waals surface area contributed by atoms with Gasteiger partial charge in [0.25, 0.3) is 0 Å². The minimum absolute atomic E-state index is 0.0535. The van der Waals surface area contributed by atoms with Gasteiger partial charge >= 0.3 is 5.97 Å². The molecule has 1 aromatic rings. The lowest BCUT2D eigenvalue weighted by molar-refractivity contribution is 0.0695. The first kappa shape index (κ1) is 11.5. The van der Waals surface area contributed by atoms with Crippen molar-refractivity contribution in [3.8, 4) is 6.07 Å². The second kappa shape index (κ2) is 4.76. The van der Waals surface area contributed by atoms with Crippen LogP contribution >= 0.6 is 11.6 Å². The number of carboxylic acids is 1. The van der Waals surface area contributed by atoms with Gasteiger partial charge in [-0.1, -0.05) is 24.9 Å². The van der Waals surface area contributed by atoms with Gasteiger partial charge < -0.3 is 5.11 Å². The molecule has 0 radical (unpaired) electrons. The largest absolute Gasteiger partial charge is 0.478 e. The quantitative estimate of drug-likeness (QED) is 0.800. The van der Waals surface area contributed by atoms with Crippen LogP contribution < -0.4 is 0 Å². The minimum Gasteiger partial charge on any atom is -0.478 e. The minimum atomic E-state index is -1.08. The monoisotopic (exact) mass is 224 g/mol. The molecule has 1 heterocycles. The fourth-order valence-electron chi connectivity index (χ4n) is 1.22. The van der Waals surface area contributed by atoms with E-state index in [1.807, 2.05) is 6.92 Å². The number of halogens is 1. The van der Waals surface area contributed by atoms with E-state index in [4.69, 9.17) is 22.0 Å². The molecule has 0 bridgehead atoms. The van der Waals surface area contributed by atoms with Crippen LogP contribution in [0.15, 0.2) is 6.07 Å². The lowest BCUT2D eigenvalue weighted by atomic mass is 10.1. The van der Waals surface area contributed by atoms with Gasteiger partial charge in [0.1, 0.15) is 11.2 Å². The van der Waals surface area contributed by atoms with Crippen molar-refractivity contribution in [2.24, 2.45) is 0 Å². The van der Waals surface area contributed by atoms with Gasteiger partial charge in [-0.25, -0.2) is 9.78 Å². The van der Waals surface area contributed by atoms with Crippen molar-refractivity contribution in [1.29, 1.82) is 5.26 Å². The van der Waals surface area contributed by atoms with Crippen molar-refractivity contribution in [3.63, 3.8) is 0 Å². The Morgan fingerprint density at radius 1 is 1.73 bits per heavy atom. The molecule has 1 N–H and O–H groups in total. The van der Waals surface area contributed by atoms with Crippen LogP contribution in [0.5, 0.6) is 0 Å². The summed E-state index contributed by atoms with van der Waals surface area (Å²) < 4.78 is 0. The molecule has 5 heteroatoms. The Morgan fingerprint density at radius 3 is 2.87 bits per heavy atom. The number of hydrogen-bond acceptors (Lipinski definition) is 3. The molecule has 0 aliphatic rings. The van der Waals surface area contributed by atoms with Gasteiger partial charge in [-0.3, -0.25) is 0 Å². The van der Waals surface area contributed by atoms with Crippen LogP contribution in [0.3, 0.4) is 0 Å². The van der Waals surface area contributed by atoms with E-state index in [0.29, 0.717) is 12.1 Å². The van der Waals surface area contributed by atoms with Gasteiger partial charge in [0.05, 0.1) is 16.8 Å². The topological polar surface area (TPSA) is 74.0 Å². The van der Waals surface area contributed by atoms with Crippen molar-refractivity contribution in [2.45, 2.75) is 19.8 Å². The van der Waals surface area contributed by atoms with Crippen LogP contribution in [0.25, 0.3) is 0 Å². The average Bonchev–Trinajstić information content (AvgIpc) is 2.18. The maximum Gasteiger partial charge on any atom is 0.337 e. The van der Waals surface area contributed by atoms with Crippen molar-refractivity contribution >= 4 is 17.6 Å². The van der Waals surface area contributed by atoms with Gasteiger partial charge in [0, 0.05) is 0 Å². The molecule has 0 saturated heterocycles. The predicted octanol–water partition coefficient (Wildman–Crippen LogP) is 2.26. The molecule has 0 aliphatic heterocycles. The third kappa shape index (κ3) is 2.45. The summed E-state index contributed by atoms with van der Waals surface area (Å²) in [5, 5.41) is 17.6. The number of nitrogens with zero attached hydrogens (tertiary/aromatic N) is 2. The summed E-state index contributed by atoms with van der Waals surface area (Å²) in [5.41, 5.74) is 0.570. The Labute approximate surface area is 92.1 Å². The predicted molar refractivity (Wildman–Crippen MR) is 54.9 cm³/mol. The molecule has 1 aromatic heterocycles. The molecule has 0 spiro atoms. The van der Waals surface area contributed by atoms with Crippen LogP contribution in [0.2, 0.25) is 5.15 Å². The standard InChI is InChI=1S/C10H9ClN2O2/c1-2-3-8-7(10(14)15)4-6(5-12)9(11)13-8/h4H,2-3H2,1H3,(H,14,15). The number of aromatic carboxylic acids is 1. The number of carbonyl (C=O) groups is 1. The Morgan fingerprint density at radius 2 is 2.40 bits per heavy atom. The lowest BCUT2D eigenvalue weighted by Gasteiger charge is -2.05. The molecule has 78 valence electrons. The summed E-state index contributed by atoms with van der Waals surface area (Å²) in [4.78, 5) is 14.8. The fraction of sp³-hybridized carbons (Fsp3) is 0.300. The van der Waals surface area contributed by atoms with Crippen molar-refractivity contribution in [3.05, 3.63) is 28.0 Å². The third-order valence-electron chi connectivity index (χ3n) is 1.89. The van der Waals surface area contributed by atoms with Crippen LogP contribution in [0.4, 0.5) is 0 Å². The number of nitriles is 1. The fourth-order valence-corrected chi connectivity index (χ4v) is 1.42. The van der Waals surface area contributed by atoms with Crippen LogP contribution in [-0.2, 0) is 6.42 Å². The molecule has 0 fully saturated rings. The first-order valence-corrected chi connectivity index (χ1v) is 4.80. The maximum atomic E-state index is 10.9.